The summed E-state index contributed by atoms with van der Waals surface area (Å²) in [6.45, 7) is 14.0. The van der Waals surface area contributed by atoms with Gasteiger partial charge in [0, 0.05) is 11.6 Å². The second kappa shape index (κ2) is 5.36. The number of rotatable bonds is 1. The van der Waals surface area contributed by atoms with Gasteiger partial charge >= 0.3 is 0 Å². The molecule has 0 atom stereocenters. The lowest BCUT2D eigenvalue weighted by molar-refractivity contribution is 0.0920. The van der Waals surface area contributed by atoms with E-state index in [-0.39, 0.29) is 5.54 Å². The zero-order chi connectivity index (χ0) is 16.0. The van der Waals surface area contributed by atoms with Crippen LogP contribution in [0.2, 0.25) is 0 Å². The normalized spacial score (nSPS) is 32.0. The molecule has 1 saturated heterocycles. The van der Waals surface area contributed by atoms with Crippen LogP contribution in [0.3, 0.4) is 0 Å². The molecule has 3 heteroatoms. The lowest BCUT2D eigenvalue weighted by Gasteiger charge is -2.45. The standard InChI is InChI=1S/C19H33N3/c1-6-15-19(7-9-20-10-8-19)22-16(21-15)14-11-17(2,3)13-18(4,5)12-14/h6,14,20H,7-13H2,1-5H3,(H,21,22). The smallest absolute Gasteiger partial charge is 0.105 e. The van der Waals surface area contributed by atoms with Crippen molar-refractivity contribution >= 4 is 5.84 Å². The van der Waals surface area contributed by atoms with Crippen LogP contribution in [0, 0.1) is 16.7 Å². The lowest BCUT2D eigenvalue weighted by atomic mass is 9.61. The van der Waals surface area contributed by atoms with Gasteiger partial charge in [-0.05, 0) is 62.9 Å². The van der Waals surface area contributed by atoms with Crippen LogP contribution in [0.4, 0.5) is 0 Å². The summed E-state index contributed by atoms with van der Waals surface area (Å²) < 4.78 is 0. The van der Waals surface area contributed by atoms with Gasteiger partial charge in [0.05, 0.1) is 0 Å². The van der Waals surface area contributed by atoms with Crippen molar-refractivity contribution < 1.29 is 0 Å². The van der Waals surface area contributed by atoms with E-state index in [1.54, 1.807) is 0 Å². The molecule has 0 unspecified atom stereocenters. The van der Waals surface area contributed by atoms with Crippen LogP contribution in [-0.2, 0) is 0 Å². The Labute approximate surface area is 136 Å². The highest BCUT2D eigenvalue weighted by atomic mass is 15.2. The molecule has 0 bridgehead atoms. The molecule has 0 aromatic rings. The number of nitrogens with zero attached hydrogens (tertiary/aromatic N) is 1. The fraction of sp³-hybridized carbons (Fsp3) is 0.842. The van der Waals surface area contributed by atoms with Crippen molar-refractivity contribution in [1.82, 2.24) is 10.6 Å². The molecule has 22 heavy (non-hydrogen) atoms. The zero-order valence-corrected chi connectivity index (χ0v) is 15.1. The molecule has 0 aromatic heterocycles. The molecule has 0 aromatic carbocycles. The monoisotopic (exact) mass is 303 g/mol. The number of aliphatic imine (C=N–C) groups is 1. The van der Waals surface area contributed by atoms with Crippen molar-refractivity contribution in [3.63, 3.8) is 0 Å². The Morgan fingerprint density at radius 3 is 2.18 bits per heavy atom. The Bertz CT molecular complexity index is 477. The van der Waals surface area contributed by atoms with Crippen LogP contribution in [-0.4, -0.2) is 24.5 Å². The summed E-state index contributed by atoms with van der Waals surface area (Å²) in [6, 6.07) is 0. The minimum atomic E-state index is 0.0427. The maximum Gasteiger partial charge on any atom is 0.105 e. The van der Waals surface area contributed by atoms with Gasteiger partial charge in [-0.1, -0.05) is 33.8 Å². The molecule has 1 spiro atoms. The molecule has 2 fully saturated rings. The van der Waals surface area contributed by atoms with Crippen LogP contribution < -0.4 is 10.6 Å². The van der Waals surface area contributed by atoms with E-state index in [2.05, 4.69) is 51.3 Å². The van der Waals surface area contributed by atoms with E-state index >= 15 is 0 Å². The Morgan fingerprint density at radius 1 is 1.05 bits per heavy atom. The Kier molecular flexibility index (Phi) is 3.91. The molecular formula is C19H33N3. The van der Waals surface area contributed by atoms with E-state index in [4.69, 9.17) is 4.99 Å². The maximum atomic E-state index is 5.28. The first-order valence-corrected chi connectivity index (χ1v) is 9.00. The van der Waals surface area contributed by atoms with Crippen molar-refractivity contribution in [2.45, 2.75) is 72.3 Å². The number of allylic oxidation sites excluding steroid dienone is 1. The van der Waals surface area contributed by atoms with Crippen molar-refractivity contribution in [3.8, 4) is 0 Å². The minimum Gasteiger partial charge on any atom is -0.345 e. The largest absolute Gasteiger partial charge is 0.345 e. The van der Waals surface area contributed by atoms with Crippen molar-refractivity contribution in [1.29, 1.82) is 0 Å². The molecule has 2 N–H and O–H groups in total. The van der Waals surface area contributed by atoms with Crippen LogP contribution in [0.1, 0.15) is 66.7 Å². The van der Waals surface area contributed by atoms with Gasteiger partial charge in [-0.15, -0.1) is 0 Å². The summed E-state index contributed by atoms with van der Waals surface area (Å²) in [5.41, 5.74) is 2.22. The minimum absolute atomic E-state index is 0.0427. The first-order chi connectivity index (χ1) is 10.3. The van der Waals surface area contributed by atoms with Gasteiger partial charge in [0.15, 0.2) is 0 Å². The van der Waals surface area contributed by atoms with E-state index in [0.717, 1.165) is 25.9 Å². The van der Waals surface area contributed by atoms with Gasteiger partial charge in [0.1, 0.15) is 11.4 Å². The van der Waals surface area contributed by atoms with Crippen LogP contribution >= 0.6 is 0 Å². The average molecular weight is 303 g/mol. The molecule has 2 heterocycles. The number of hydrogen-bond donors (Lipinski definition) is 2. The van der Waals surface area contributed by atoms with Crippen molar-refractivity contribution in [2.24, 2.45) is 21.7 Å². The van der Waals surface area contributed by atoms with E-state index in [1.807, 2.05) is 0 Å². The molecule has 3 nitrogen and oxygen atoms in total. The average Bonchev–Trinajstić information content (AvgIpc) is 2.74. The summed E-state index contributed by atoms with van der Waals surface area (Å²) in [7, 11) is 0. The number of piperidine rings is 1. The molecule has 124 valence electrons. The highest BCUT2D eigenvalue weighted by Gasteiger charge is 2.45. The quantitative estimate of drug-likeness (QED) is 0.771. The van der Waals surface area contributed by atoms with Crippen LogP contribution in [0.5, 0.6) is 0 Å². The van der Waals surface area contributed by atoms with Gasteiger partial charge < -0.3 is 10.6 Å². The SMILES string of the molecule is CC=C1NC(C2CC(C)(C)CC(C)(C)C2)=NC12CCNCC2. The van der Waals surface area contributed by atoms with Crippen LogP contribution in [0.15, 0.2) is 16.8 Å². The zero-order valence-electron chi connectivity index (χ0n) is 15.1. The van der Waals surface area contributed by atoms with Gasteiger partial charge in [-0.25, -0.2) is 0 Å². The molecule has 2 aliphatic heterocycles. The van der Waals surface area contributed by atoms with E-state index in [1.165, 1.54) is 30.8 Å². The third-order valence-electron chi connectivity index (χ3n) is 5.76. The third-order valence-corrected chi connectivity index (χ3v) is 5.76. The maximum absolute atomic E-state index is 5.28. The molecule has 0 amide bonds. The Balaban J connectivity index is 1.87. The first kappa shape index (κ1) is 16.0. The fourth-order valence-corrected chi connectivity index (χ4v) is 5.37. The van der Waals surface area contributed by atoms with E-state index < -0.39 is 0 Å². The highest BCUT2D eigenvalue weighted by Crippen LogP contribution is 2.49. The summed E-state index contributed by atoms with van der Waals surface area (Å²) in [6.07, 6.45) is 8.34. The van der Waals surface area contributed by atoms with Gasteiger partial charge in [0.2, 0.25) is 0 Å². The highest BCUT2D eigenvalue weighted by molar-refractivity contribution is 5.90. The van der Waals surface area contributed by atoms with Gasteiger partial charge in [0.25, 0.3) is 0 Å². The lowest BCUT2D eigenvalue weighted by Crippen LogP contribution is -2.42. The summed E-state index contributed by atoms with van der Waals surface area (Å²) in [5.74, 6) is 1.86. The molecular weight excluding hydrogens is 270 g/mol. The van der Waals surface area contributed by atoms with E-state index in [9.17, 15) is 0 Å². The topological polar surface area (TPSA) is 36.4 Å². The second-order valence-electron chi connectivity index (χ2n) is 9.22. The fourth-order valence-electron chi connectivity index (χ4n) is 5.37. The van der Waals surface area contributed by atoms with E-state index in [0.29, 0.717) is 16.7 Å². The molecule has 1 aliphatic carbocycles. The predicted molar refractivity (Wildman–Crippen MR) is 94.1 cm³/mol. The van der Waals surface area contributed by atoms with Crippen molar-refractivity contribution in [3.05, 3.63) is 11.8 Å². The third kappa shape index (κ3) is 2.97. The summed E-state index contributed by atoms with van der Waals surface area (Å²) >= 11 is 0. The first-order valence-electron chi connectivity index (χ1n) is 9.00. The number of nitrogens with one attached hydrogen (secondary N) is 2. The predicted octanol–water partition coefficient (Wildman–Crippen LogP) is 3.87. The Hall–Kier alpha value is -0.830. The number of hydrogen-bond acceptors (Lipinski definition) is 3. The molecule has 0 radical (unpaired) electrons. The molecule has 1 saturated carbocycles. The van der Waals surface area contributed by atoms with Crippen LogP contribution in [0.25, 0.3) is 0 Å². The van der Waals surface area contributed by atoms with Gasteiger partial charge in [-0.2, -0.15) is 0 Å². The summed E-state index contributed by atoms with van der Waals surface area (Å²) in [4.78, 5) is 5.28. The Morgan fingerprint density at radius 2 is 1.64 bits per heavy atom. The van der Waals surface area contributed by atoms with Crippen molar-refractivity contribution in [2.75, 3.05) is 13.1 Å². The molecule has 3 rings (SSSR count). The second-order valence-corrected chi connectivity index (χ2v) is 9.22. The molecule has 3 aliphatic rings. The summed E-state index contributed by atoms with van der Waals surface area (Å²) in [5, 5.41) is 7.21. The van der Waals surface area contributed by atoms with Gasteiger partial charge in [-0.3, -0.25) is 4.99 Å². The number of amidine groups is 1.